The zero-order valence-electron chi connectivity index (χ0n) is 11.6. The van der Waals surface area contributed by atoms with Gasteiger partial charge in [0.2, 0.25) is 11.9 Å². The van der Waals surface area contributed by atoms with Crippen molar-refractivity contribution in [3.63, 3.8) is 0 Å². The molecule has 0 saturated heterocycles. The molecular weight excluding hydrogens is 322 g/mol. The molecule has 2 heterocycles. The normalized spacial score (nSPS) is 15.8. The summed E-state index contributed by atoms with van der Waals surface area (Å²) >= 11 is 2.90. The van der Waals surface area contributed by atoms with Crippen molar-refractivity contribution in [1.82, 2.24) is 10.2 Å². The van der Waals surface area contributed by atoms with Crippen molar-refractivity contribution in [2.75, 3.05) is 17.9 Å². The van der Waals surface area contributed by atoms with Crippen molar-refractivity contribution in [1.29, 1.82) is 0 Å². The van der Waals surface area contributed by atoms with Crippen LogP contribution in [0, 0.1) is 0 Å². The molecule has 0 atom stereocenters. The third-order valence-electron chi connectivity index (χ3n) is 3.33. The predicted molar refractivity (Wildman–Crippen MR) is 84.2 cm³/mol. The number of ketones is 1. The van der Waals surface area contributed by atoms with Gasteiger partial charge >= 0.3 is 0 Å². The average molecular weight is 335 g/mol. The summed E-state index contributed by atoms with van der Waals surface area (Å²) in [6, 6.07) is 5.81. The van der Waals surface area contributed by atoms with Gasteiger partial charge in [0.1, 0.15) is 0 Å². The molecule has 0 amide bonds. The number of thioether (sulfide) groups is 1. The summed E-state index contributed by atoms with van der Waals surface area (Å²) in [5, 5.41) is 12.3. The maximum absolute atomic E-state index is 12.2. The van der Waals surface area contributed by atoms with Crippen molar-refractivity contribution in [2.24, 2.45) is 0 Å². The molecule has 1 aromatic carbocycles. The number of nitrogens with zero attached hydrogens (tertiary/aromatic N) is 2. The largest absolute Gasteiger partial charge is 0.454 e. The Hall–Kier alpha value is -1.80. The van der Waals surface area contributed by atoms with Crippen molar-refractivity contribution in [3.05, 3.63) is 23.8 Å². The minimum Gasteiger partial charge on any atom is -0.454 e. The minimum atomic E-state index is 0.0372. The summed E-state index contributed by atoms with van der Waals surface area (Å²) in [5.41, 5.74) is 0.623. The second-order valence-corrected chi connectivity index (χ2v) is 7.27. The van der Waals surface area contributed by atoms with E-state index in [9.17, 15) is 4.79 Å². The van der Waals surface area contributed by atoms with Crippen LogP contribution in [0.4, 0.5) is 5.13 Å². The number of ether oxygens (including phenoxy) is 2. The lowest BCUT2D eigenvalue weighted by Crippen LogP contribution is -2.02. The number of Topliss-reactive ketones (excluding diaryl/α,β-unsaturated/α-hetero) is 1. The third kappa shape index (κ3) is 3.02. The van der Waals surface area contributed by atoms with Crippen LogP contribution in [0.25, 0.3) is 0 Å². The number of carbonyl (C=O) groups excluding carboxylic acids is 1. The minimum absolute atomic E-state index is 0.0372. The van der Waals surface area contributed by atoms with E-state index in [2.05, 4.69) is 15.5 Å². The highest BCUT2D eigenvalue weighted by molar-refractivity contribution is 8.01. The molecule has 2 aliphatic rings. The fourth-order valence-corrected chi connectivity index (χ4v) is 3.73. The van der Waals surface area contributed by atoms with Crippen LogP contribution in [0.2, 0.25) is 0 Å². The van der Waals surface area contributed by atoms with E-state index in [0.29, 0.717) is 28.9 Å². The maximum Gasteiger partial charge on any atom is 0.231 e. The maximum atomic E-state index is 12.2. The van der Waals surface area contributed by atoms with Crippen molar-refractivity contribution in [3.8, 4) is 11.5 Å². The number of fused-ring (bicyclic) bond motifs is 1. The first-order valence-corrected chi connectivity index (χ1v) is 8.74. The molecule has 4 rings (SSSR count). The molecule has 1 N–H and O–H groups in total. The first-order chi connectivity index (χ1) is 10.8. The molecule has 1 saturated carbocycles. The fraction of sp³-hybridized carbons (Fsp3) is 0.357. The number of hydrogen-bond acceptors (Lipinski definition) is 8. The number of carbonyl (C=O) groups is 1. The van der Waals surface area contributed by atoms with E-state index >= 15 is 0 Å². The van der Waals surface area contributed by atoms with E-state index < -0.39 is 0 Å². The molecular formula is C14H13N3O3S2. The van der Waals surface area contributed by atoms with Gasteiger partial charge in [-0.05, 0) is 31.0 Å². The summed E-state index contributed by atoms with van der Waals surface area (Å²) in [5.74, 6) is 1.68. The standard InChI is InChI=1S/C14H13N3O3S2/c18-10(8-1-4-11-12(5-8)20-7-19-11)6-21-14-17-16-13(22-14)15-9-2-3-9/h1,4-5,9H,2-3,6-7H2,(H,15,16). The molecule has 0 spiro atoms. The lowest BCUT2D eigenvalue weighted by Gasteiger charge is -2.01. The van der Waals surface area contributed by atoms with Gasteiger partial charge in [-0.15, -0.1) is 10.2 Å². The van der Waals surface area contributed by atoms with Gasteiger partial charge in [0.15, 0.2) is 21.6 Å². The molecule has 1 aromatic heterocycles. The second kappa shape index (κ2) is 5.77. The Morgan fingerprint density at radius 1 is 1.32 bits per heavy atom. The predicted octanol–water partition coefficient (Wildman–Crippen LogP) is 2.82. The van der Waals surface area contributed by atoms with Gasteiger partial charge in [0.05, 0.1) is 5.75 Å². The number of anilines is 1. The fourth-order valence-electron chi connectivity index (χ4n) is 2.01. The van der Waals surface area contributed by atoms with E-state index in [4.69, 9.17) is 9.47 Å². The topological polar surface area (TPSA) is 73.3 Å². The highest BCUT2D eigenvalue weighted by atomic mass is 32.2. The molecule has 1 aliphatic heterocycles. The van der Waals surface area contributed by atoms with Gasteiger partial charge in [-0.2, -0.15) is 0 Å². The molecule has 0 radical (unpaired) electrons. The van der Waals surface area contributed by atoms with Gasteiger partial charge in [0.25, 0.3) is 0 Å². The molecule has 2 aromatic rings. The Kier molecular flexibility index (Phi) is 3.63. The first-order valence-electron chi connectivity index (χ1n) is 6.93. The zero-order chi connectivity index (χ0) is 14.9. The van der Waals surface area contributed by atoms with Gasteiger partial charge in [-0.3, -0.25) is 4.79 Å². The van der Waals surface area contributed by atoms with E-state index in [1.54, 1.807) is 18.2 Å². The number of hydrogen-bond donors (Lipinski definition) is 1. The second-order valence-electron chi connectivity index (χ2n) is 5.07. The van der Waals surface area contributed by atoms with Gasteiger partial charge in [0, 0.05) is 11.6 Å². The summed E-state index contributed by atoms with van der Waals surface area (Å²) < 4.78 is 11.3. The smallest absolute Gasteiger partial charge is 0.231 e. The zero-order valence-corrected chi connectivity index (χ0v) is 13.2. The van der Waals surface area contributed by atoms with Crippen LogP contribution >= 0.6 is 23.1 Å². The molecule has 8 heteroatoms. The summed E-state index contributed by atoms with van der Waals surface area (Å²) in [6.45, 7) is 0.212. The lowest BCUT2D eigenvalue weighted by molar-refractivity contribution is 0.102. The van der Waals surface area contributed by atoms with E-state index in [1.165, 1.54) is 35.9 Å². The van der Waals surface area contributed by atoms with Crippen LogP contribution in [0.5, 0.6) is 11.5 Å². The van der Waals surface area contributed by atoms with Crippen LogP contribution in [0.15, 0.2) is 22.5 Å². The van der Waals surface area contributed by atoms with Crippen LogP contribution in [0.1, 0.15) is 23.2 Å². The average Bonchev–Trinajstić information content (AvgIpc) is 3.04. The highest BCUT2D eigenvalue weighted by Crippen LogP contribution is 2.34. The van der Waals surface area contributed by atoms with Crippen LogP contribution in [0.3, 0.4) is 0 Å². The molecule has 6 nitrogen and oxygen atoms in total. The van der Waals surface area contributed by atoms with Crippen LogP contribution < -0.4 is 14.8 Å². The Morgan fingerprint density at radius 2 is 2.18 bits per heavy atom. The van der Waals surface area contributed by atoms with E-state index in [0.717, 1.165) is 9.47 Å². The number of benzene rings is 1. The summed E-state index contributed by atoms with van der Waals surface area (Å²) in [6.07, 6.45) is 2.40. The summed E-state index contributed by atoms with van der Waals surface area (Å²) in [4.78, 5) is 12.2. The first kappa shape index (κ1) is 13.8. The quantitative estimate of drug-likeness (QED) is 0.643. The Labute approximate surface area is 135 Å². The monoisotopic (exact) mass is 335 g/mol. The Bertz CT molecular complexity index is 715. The SMILES string of the molecule is O=C(CSc1nnc(NC2CC2)s1)c1ccc2c(c1)OCO2. The van der Waals surface area contributed by atoms with E-state index in [1.807, 2.05) is 0 Å². The third-order valence-corrected chi connectivity index (χ3v) is 5.32. The molecule has 114 valence electrons. The number of rotatable bonds is 6. The Morgan fingerprint density at radius 3 is 3.05 bits per heavy atom. The molecule has 22 heavy (non-hydrogen) atoms. The van der Waals surface area contributed by atoms with Crippen molar-refractivity contribution < 1.29 is 14.3 Å². The molecule has 1 fully saturated rings. The summed E-state index contributed by atoms with van der Waals surface area (Å²) in [7, 11) is 0. The van der Waals surface area contributed by atoms with E-state index in [-0.39, 0.29) is 12.6 Å². The van der Waals surface area contributed by atoms with Crippen LogP contribution in [-0.4, -0.2) is 34.6 Å². The molecule has 0 bridgehead atoms. The molecule has 1 aliphatic carbocycles. The number of nitrogens with one attached hydrogen (secondary N) is 1. The van der Waals surface area contributed by atoms with Gasteiger partial charge < -0.3 is 14.8 Å². The van der Waals surface area contributed by atoms with Crippen molar-refractivity contribution in [2.45, 2.75) is 23.2 Å². The Balaban J connectivity index is 1.36. The van der Waals surface area contributed by atoms with Gasteiger partial charge in [-0.25, -0.2) is 0 Å². The highest BCUT2D eigenvalue weighted by Gasteiger charge is 2.22. The lowest BCUT2D eigenvalue weighted by atomic mass is 10.1. The molecule has 0 unspecified atom stereocenters. The number of aromatic nitrogens is 2. The van der Waals surface area contributed by atoms with Crippen molar-refractivity contribution >= 4 is 34.0 Å². The van der Waals surface area contributed by atoms with Gasteiger partial charge in [-0.1, -0.05) is 23.1 Å². The van der Waals surface area contributed by atoms with Crippen LogP contribution in [-0.2, 0) is 0 Å².